The molecule has 1 heterocycles. The van der Waals surface area contributed by atoms with E-state index in [0.717, 1.165) is 30.3 Å². The van der Waals surface area contributed by atoms with Crippen LogP contribution in [0.15, 0.2) is 30.3 Å². The summed E-state index contributed by atoms with van der Waals surface area (Å²) >= 11 is 6.14. The number of fused-ring (bicyclic) bond motifs is 1. The number of amides is 1. The van der Waals surface area contributed by atoms with E-state index in [-0.39, 0.29) is 6.54 Å². The number of carbonyl (C=O) groups is 1. The summed E-state index contributed by atoms with van der Waals surface area (Å²) in [6.07, 6.45) is 2.80. The average Bonchev–Trinajstić information content (AvgIpc) is 3.46. The van der Waals surface area contributed by atoms with Crippen LogP contribution in [0.1, 0.15) is 42.4 Å². The Labute approximate surface area is 177 Å². The molecule has 1 aromatic heterocycles. The third-order valence-corrected chi connectivity index (χ3v) is 5.51. The van der Waals surface area contributed by atoms with E-state index in [1.165, 1.54) is 4.90 Å². The summed E-state index contributed by atoms with van der Waals surface area (Å²) in [4.78, 5) is 19.2. The Bertz CT molecular complexity index is 1110. The minimum atomic E-state index is -1.32. The summed E-state index contributed by atoms with van der Waals surface area (Å²) in [6.45, 7) is 3.26. The number of imidazole rings is 1. The van der Waals surface area contributed by atoms with Crippen molar-refractivity contribution in [3.8, 4) is 0 Å². The molecule has 0 atom stereocenters. The van der Waals surface area contributed by atoms with Gasteiger partial charge in [-0.25, -0.2) is 18.2 Å². The number of nitrogens with zero attached hydrogens (tertiary/aromatic N) is 3. The van der Waals surface area contributed by atoms with Crippen molar-refractivity contribution in [2.45, 2.75) is 39.3 Å². The van der Waals surface area contributed by atoms with Gasteiger partial charge in [-0.05, 0) is 49.4 Å². The largest absolute Gasteiger partial charge is 0.331 e. The van der Waals surface area contributed by atoms with Crippen LogP contribution >= 0.6 is 11.6 Å². The summed E-state index contributed by atoms with van der Waals surface area (Å²) in [5, 5.41) is 0.584. The van der Waals surface area contributed by atoms with Gasteiger partial charge in [0.05, 0.1) is 23.1 Å². The van der Waals surface area contributed by atoms with Crippen LogP contribution < -0.4 is 0 Å². The second kappa shape index (κ2) is 8.30. The van der Waals surface area contributed by atoms with Gasteiger partial charge in [0.2, 0.25) is 0 Å². The molecule has 0 aliphatic heterocycles. The number of aromatic nitrogens is 2. The zero-order chi connectivity index (χ0) is 21.4. The number of aryl methyl sites for hydroxylation is 1. The van der Waals surface area contributed by atoms with Crippen LogP contribution in [-0.2, 0) is 13.1 Å². The number of hydrogen-bond donors (Lipinski definition) is 0. The highest BCUT2D eigenvalue weighted by Gasteiger charge is 2.30. The first-order valence-electron chi connectivity index (χ1n) is 9.95. The van der Waals surface area contributed by atoms with E-state index in [4.69, 9.17) is 11.6 Å². The van der Waals surface area contributed by atoms with Crippen LogP contribution in [0.4, 0.5) is 13.2 Å². The standard InChI is InChI=1S/C22H21ClF3N3O/c1-2-7-29-20-8-14(23)5-6-19(20)27-21(29)12-28(11-13-3-4-13)22(30)15-9-17(25)18(26)10-16(15)24/h5-6,8-10,13H,2-4,7,11-12H2,1H3. The number of halogens is 4. The molecule has 0 saturated heterocycles. The second-order valence-corrected chi connectivity index (χ2v) is 8.12. The highest BCUT2D eigenvalue weighted by molar-refractivity contribution is 6.31. The molecule has 30 heavy (non-hydrogen) atoms. The molecule has 4 nitrogen and oxygen atoms in total. The van der Waals surface area contributed by atoms with Crippen LogP contribution in [0.2, 0.25) is 5.02 Å². The molecule has 1 saturated carbocycles. The number of hydrogen-bond acceptors (Lipinski definition) is 2. The van der Waals surface area contributed by atoms with Gasteiger partial charge in [-0.15, -0.1) is 0 Å². The van der Waals surface area contributed by atoms with Crippen molar-refractivity contribution in [3.63, 3.8) is 0 Å². The highest BCUT2D eigenvalue weighted by atomic mass is 35.5. The number of benzene rings is 2. The van der Waals surface area contributed by atoms with Crippen molar-refractivity contribution in [2.24, 2.45) is 5.92 Å². The van der Waals surface area contributed by atoms with Gasteiger partial charge in [0, 0.05) is 24.2 Å². The van der Waals surface area contributed by atoms with E-state index in [1.54, 1.807) is 6.07 Å². The van der Waals surface area contributed by atoms with Crippen LogP contribution in [0.3, 0.4) is 0 Å². The highest BCUT2D eigenvalue weighted by Crippen LogP contribution is 2.31. The number of carbonyl (C=O) groups excluding carboxylic acids is 1. The van der Waals surface area contributed by atoms with E-state index < -0.39 is 28.9 Å². The van der Waals surface area contributed by atoms with Gasteiger partial charge in [0.1, 0.15) is 11.6 Å². The molecule has 0 radical (unpaired) electrons. The Hall–Kier alpha value is -2.54. The summed E-state index contributed by atoms with van der Waals surface area (Å²) in [6, 6.07) is 6.43. The second-order valence-electron chi connectivity index (χ2n) is 7.69. The quantitative estimate of drug-likeness (QED) is 0.455. The molecule has 1 aliphatic rings. The van der Waals surface area contributed by atoms with E-state index in [9.17, 15) is 18.0 Å². The Balaban J connectivity index is 1.71. The van der Waals surface area contributed by atoms with Crippen LogP contribution in [-0.4, -0.2) is 26.9 Å². The Kier molecular flexibility index (Phi) is 5.73. The Morgan fingerprint density at radius 1 is 1.17 bits per heavy atom. The SMILES string of the molecule is CCCn1c(CN(CC2CC2)C(=O)c2cc(F)c(F)cc2F)nc2ccc(Cl)cc21. The summed E-state index contributed by atoms with van der Waals surface area (Å²) < 4.78 is 43.3. The lowest BCUT2D eigenvalue weighted by Crippen LogP contribution is -2.34. The Morgan fingerprint density at radius 2 is 1.90 bits per heavy atom. The molecule has 0 bridgehead atoms. The fourth-order valence-electron chi connectivity index (χ4n) is 3.60. The maximum atomic E-state index is 14.3. The first-order valence-corrected chi connectivity index (χ1v) is 10.3. The van der Waals surface area contributed by atoms with Gasteiger partial charge in [-0.2, -0.15) is 0 Å². The third-order valence-electron chi connectivity index (χ3n) is 5.27. The van der Waals surface area contributed by atoms with Crippen molar-refractivity contribution in [1.82, 2.24) is 14.5 Å². The lowest BCUT2D eigenvalue weighted by molar-refractivity contribution is 0.0723. The van der Waals surface area contributed by atoms with Crippen LogP contribution in [0, 0.1) is 23.4 Å². The lowest BCUT2D eigenvalue weighted by atomic mass is 10.1. The molecule has 0 spiro atoms. The zero-order valence-electron chi connectivity index (χ0n) is 16.5. The molecule has 2 aromatic carbocycles. The van der Waals surface area contributed by atoms with Gasteiger partial charge < -0.3 is 9.47 Å². The molecular weight excluding hydrogens is 415 g/mol. The van der Waals surface area contributed by atoms with E-state index >= 15 is 0 Å². The van der Waals surface area contributed by atoms with Crippen molar-refractivity contribution in [2.75, 3.05) is 6.54 Å². The van der Waals surface area contributed by atoms with Crippen molar-refractivity contribution >= 4 is 28.5 Å². The normalized spacial score (nSPS) is 13.8. The fourth-order valence-corrected chi connectivity index (χ4v) is 3.76. The fraction of sp³-hybridized carbons (Fsp3) is 0.364. The maximum absolute atomic E-state index is 14.3. The minimum absolute atomic E-state index is 0.139. The van der Waals surface area contributed by atoms with Crippen molar-refractivity contribution in [1.29, 1.82) is 0 Å². The van der Waals surface area contributed by atoms with Gasteiger partial charge in [0.25, 0.3) is 5.91 Å². The predicted octanol–water partition coefficient (Wildman–Crippen LogP) is 5.57. The molecular formula is C22H21ClF3N3O. The van der Waals surface area contributed by atoms with Gasteiger partial charge in [-0.3, -0.25) is 4.79 Å². The molecule has 4 rings (SSSR count). The first kappa shape index (κ1) is 20.7. The summed E-state index contributed by atoms with van der Waals surface area (Å²) in [5.74, 6) is -3.36. The van der Waals surface area contributed by atoms with Crippen LogP contribution in [0.5, 0.6) is 0 Å². The summed E-state index contributed by atoms with van der Waals surface area (Å²) in [7, 11) is 0. The topological polar surface area (TPSA) is 38.1 Å². The molecule has 1 fully saturated rings. The van der Waals surface area contributed by atoms with Crippen molar-refractivity contribution in [3.05, 3.63) is 64.2 Å². The first-order chi connectivity index (χ1) is 14.4. The average molecular weight is 436 g/mol. The molecule has 1 amide bonds. The van der Waals surface area contributed by atoms with Crippen molar-refractivity contribution < 1.29 is 18.0 Å². The van der Waals surface area contributed by atoms with E-state index in [1.807, 2.05) is 23.6 Å². The Morgan fingerprint density at radius 3 is 2.60 bits per heavy atom. The number of rotatable bonds is 7. The molecule has 0 N–H and O–H groups in total. The van der Waals surface area contributed by atoms with Gasteiger partial charge in [-0.1, -0.05) is 18.5 Å². The third kappa shape index (κ3) is 4.17. The molecule has 0 unspecified atom stereocenters. The smallest absolute Gasteiger partial charge is 0.257 e. The monoisotopic (exact) mass is 435 g/mol. The van der Waals surface area contributed by atoms with Gasteiger partial charge >= 0.3 is 0 Å². The molecule has 158 valence electrons. The van der Waals surface area contributed by atoms with Gasteiger partial charge in [0.15, 0.2) is 11.6 Å². The van der Waals surface area contributed by atoms with Crippen LogP contribution in [0.25, 0.3) is 11.0 Å². The minimum Gasteiger partial charge on any atom is -0.331 e. The zero-order valence-corrected chi connectivity index (χ0v) is 17.2. The maximum Gasteiger partial charge on any atom is 0.257 e. The van der Waals surface area contributed by atoms with E-state index in [0.29, 0.717) is 42.0 Å². The lowest BCUT2D eigenvalue weighted by Gasteiger charge is -2.23. The van der Waals surface area contributed by atoms with E-state index in [2.05, 4.69) is 4.98 Å². The summed E-state index contributed by atoms with van der Waals surface area (Å²) in [5.41, 5.74) is 1.13. The molecule has 3 aromatic rings. The predicted molar refractivity (Wildman–Crippen MR) is 109 cm³/mol. The molecule has 8 heteroatoms. The molecule has 1 aliphatic carbocycles.